The Morgan fingerprint density at radius 3 is 2.27 bits per heavy atom. The van der Waals surface area contributed by atoms with E-state index in [0.717, 1.165) is 18.1 Å². The van der Waals surface area contributed by atoms with Crippen LogP contribution in [0.25, 0.3) is 0 Å². The number of aliphatic carboxylic acids is 3. The number of carbonyl (C=O) groups excluding carboxylic acids is 2. The van der Waals surface area contributed by atoms with Crippen molar-refractivity contribution in [3.63, 3.8) is 0 Å². The number of carboxylic acids is 3. The molecule has 0 amide bonds. The third kappa shape index (κ3) is 7.88. The van der Waals surface area contributed by atoms with Crippen molar-refractivity contribution in [1.82, 2.24) is 0 Å². The zero-order valence-corrected chi connectivity index (χ0v) is 28.2. The predicted octanol–water partition coefficient (Wildman–Crippen LogP) is 2.88. The Morgan fingerprint density at radius 2 is 1.73 bits per heavy atom. The van der Waals surface area contributed by atoms with Gasteiger partial charge < -0.3 is 44.5 Å². The molecule has 0 saturated carbocycles. The minimum atomic E-state index is -3.90. The quantitative estimate of drug-likeness (QED) is 0.0899. The zero-order chi connectivity index (χ0) is 36.9. The van der Waals surface area contributed by atoms with Crippen LogP contribution in [-0.4, -0.2) is 96.8 Å². The van der Waals surface area contributed by atoms with Crippen molar-refractivity contribution in [2.75, 3.05) is 0 Å². The molecule has 2 bridgehead atoms. The number of aliphatic hydroxyl groups excluding tert-OH is 1. The number of fused-ring (bicyclic) bond motifs is 2. The van der Waals surface area contributed by atoms with E-state index in [1.165, 1.54) is 13.0 Å². The highest BCUT2D eigenvalue weighted by atomic mass is 17.0. The minimum absolute atomic E-state index is 0.123. The maximum atomic E-state index is 13.0. The summed E-state index contributed by atoms with van der Waals surface area (Å²) in [5.41, 5.74) is -6.27. The minimum Gasteiger partial charge on any atom is -0.479 e. The molecular formula is C35H46O14. The number of esters is 2. The Morgan fingerprint density at radius 1 is 1.10 bits per heavy atom. The lowest BCUT2D eigenvalue weighted by atomic mass is 9.88. The molecule has 5 N–H and O–H groups in total. The van der Waals surface area contributed by atoms with E-state index >= 15 is 0 Å². The first-order valence-electron chi connectivity index (χ1n) is 16.1. The molecular weight excluding hydrogens is 648 g/mol. The van der Waals surface area contributed by atoms with Gasteiger partial charge in [-0.2, -0.15) is 0 Å². The topological polar surface area (TPSA) is 223 Å². The lowest BCUT2D eigenvalue weighted by molar-refractivity contribution is -0.374. The Balaban J connectivity index is 2.02. The number of hydrogen-bond acceptors (Lipinski definition) is 11. The van der Waals surface area contributed by atoms with Crippen LogP contribution in [0.4, 0.5) is 0 Å². The second-order valence-corrected chi connectivity index (χ2v) is 13.1. The molecule has 2 aliphatic heterocycles. The third-order valence-electron chi connectivity index (χ3n) is 9.29. The van der Waals surface area contributed by atoms with E-state index in [1.807, 2.05) is 51.1 Å². The van der Waals surface area contributed by atoms with E-state index in [2.05, 4.69) is 6.58 Å². The van der Waals surface area contributed by atoms with Gasteiger partial charge >= 0.3 is 29.8 Å². The summed E-state index contributed by atoms with van der Waals surface area (Å²) in [7, 11) is 0. The van der Waals surface area contributed by atoms with Crippen LogP contribution >= 0.6 is 0 Å². The maximum absolute atomic E-state index is 13.0. The van der Waals surface area contributed by atoms with E-state index in [0.29, 0.717) is 18.8 Å². The van der Waals surface area contributed by atoms with Gasteiger partial charge in [0.05, 0.1) is 0 Å². The number of hydrogen-bond donors (Lipinski definition) is 5. The molecule has 2 heterocycles. The Labute approximate surface area is 284 Å². The molecule has 49 heavy (non-hydrogen) atoms. The molecule has 3 rings (SSSR count). The Hall–Kier alpha value is -4.11. The standard InChI is InChI=1S/C35H46O14/c1-7-19(2)17-20(3)13-14-25(37)47-28-27(38)33(48-29(30(39)40)34(45,31(41)42)35(28,49-33)32(43)44)16-15-21(4)26(46-23(6)36)22(5)18-24-11-9-8-10-12-24/h8-14,19-20,22,26-29,38,45H,4,7,15-18H2,1-3,5-6H3,(H,39,40)(H,41,42)(H,43,44)/b14-13+/t19-,20+,22+,26+,27+,28+,29+,33-,34+,35-/m0/s1/i29+2,34+2. The van der Waals surface area contributed by atoms with E-state index < -0.39 is 77.7 Å². The van der Waals surface area contributed by atoms with Crippen molar-refractivity contribution in [2.45, 2.75) is 108 Å². The van der Waals surface area contributed by atoms with Gasteiger partial charge in [0.2, 0.25) is 23.1 Å². The van der Waals surface area contributed by atoms with Crippen LogP contribution in [0.3, 0.4) is 0 Å². The highest BCUT2D eigenvalue weighted by Gasteiger charge is 2.85. The summed E-state index contributed by atoms with van der Waals surface area (Å²) in [6.07, 6.45) is -4.83. The van der Waals surface area contributed by atoms with Crippen LogP contribution in [0.1, 0.15) is 65.9 Å². The van der Waals surface area contributed by atoms with Gasteiger partial charge in [-0.3, -0.25) is 4.79 Å². The van der Waals surface area contributed by atoms with Crippen molar-refractivity contribution >= 4 is 29.8 Å². The average Bonchev–Trinajstić information content (AvgIpc) is 3.25. The molecule has 14 heteroatoms. The molecule has 2 saturated heterocycles. The summed E-state index contributed by atoms with van der Waals surface area (Å²) in [5, 5.41) is 53.5. The first kappa shape index (κ1) is 39.3. The van der Waals surface area contributed by atoms with Gasteiger partial charge in [0, 0.05) is 25.3 Å². The van der Waals surface area contributed by atoms with Crippen LogP contribution in [0.2, 0.25) is 0 Å². The fourth-order valence-corrected chi connectivity index (χ4v) is 6.58. The van der Waals surface area contributed by atoms with Gasteiger partial charge in [0.15, 0.2) is 6.10 Å². The lowest BCUT2D eigenvalue weighted by Gasteiger charge is -2.48. The van der Waals surface area contributed by atoms with Crippen LogP contribution < -0.4 is 0 Å². The average molecular weight is 695 g/mol. The predicted molar refractivity (Wildman–Crippen MR) is 171 cm³/mol. The number of ether oxygens (including phenoxy) is 4. The molecule has 0 unspecified atom stereocenters. The molecule has 0 aliphatic carbocycles. The summed E-state index contributed by atoms with van der Waals surface area (Å²) in [6, 6.07) is 9.29. The number of aliphatic hydroxyl groups is 2. The Bertz CT molecular complexity index is 1440. The molecule has 14 nitrogen and oxygen atoms in total. The molecule has 0 radical (unpaired) electrons. The molecule has 2 fully saturated rings. The summed E-state index contributed by atoms with van der Waals surface area (Å²) in [4.78, 5) is 63.0. The molecule has 0 aromatic heterocycles. The first-order valence-corrected chi connectivity index (χ1v) is 16.1. The first-order chi connectivity index (χ1) is 22.9. The van der Waals surface area contributed by atoms with Gasteiger partial charge in [-0.25, -0.2) is 19.2 Å². The molecule has 1 aromatic rings. The van der Waals surface area contributed by atoms with Crippen LogP contribution in [0.15, 0.2) is 54.6 Å². The Kier molecular flexibility index (Phi) is 12.5. The maximum Gasteiger partial charge on any atom is 0.344 e. The van der Waals surface area contributed by atoms with E-state index in [9.17, 15) is 49.5 Å². The molecule has 10 atom stereocenters. The van der Waals surface area contributed by atoms with Gasteiger partial charge in [0.1, 0.15) is 12.2 Å². The van der Waals surface area contributed by atoms with Crippen molar-refractivity contribution in [1.29, 1.82) is 0 Å². The second kappa shape index (κ2) is 15.6. The van der Waals surface area contributed by atoms with Crippen molar-refractivity contribution < 1.29 is 68.5 Å². The smallest absolute Gasteiger partial charge is 0.344 e. The van der Waals surface area contributed by atoms with Crippen LogP contribution in [0.5, 0.6) is 0 Å². The highest BCUT2D eigenvalue weighted by molar-refractivity contribution is 5.98. The van der Waals surface area contributed by atoms with Gasteiger partial charge in [0.25, 0.3) is 0 Å². The number of allylic oxidation sites excluding steroid dienone is 1. The number of carboxylic acid groups (broad SMARTS) is 3. The highest BCUT2D eigenvalue weighted by Crippen LogP contribution is 2.56. The van der Waals surface area contributed by atoms with E-state index in [-0.39, 0.29) is 23.8 Å². The molecule has 2 aliphatic rings. The monoisotopic (exact) mass is 694 g/mol. The third-order valence-corrected chi connectivity index (χ3v) is 9.29. The van der Waals surface area contributed by atoms with Crippen molar-refractivity contribution in [3.05, 3.63) is 60.2 Å². The van der Waals surface area contributed by atoms with Gasteiger partial charge in [-0.15, -0.1) is 0 Å². The van der Waals surface area contributed by atoms with E-state index in [1.54, 1.807) is 6.92 Å². The number of carbonyl (C=O) groups is 5. The largest absolute Gasteiger partial charge is 0.479 e. The summed E-state index contributed by atoms with van der Waals surface area (Å²) < 4.78 is 22.0. The molecule has 0 spiro atoms. The second-order valence-electron chi connectivity index (χ2n) is 13.1. The summed E-state index contributed by atoms with van der Waals surface area (Å²) in [6.45, 7) is 12.9. The summed E-state index contributed by atoms with van der Waals surface area (Å²) >= 11 is 0. The normalized spacial score (nSPS) is 30.1. The lowest BCUT2D eigenvalue weighted by Crippen LogP contribution is -2.78. The molecule has 270 valence electrons. The number of rotatable bonds is 17. The van der Waals surface area contributed by atoms with Gasteiger partial charge in [-0.1, -0.05) is 77.1 Å². The van der Waals surface area contributed by atoms with E-state index in [4.69, 9.17) is 18.9 Å². The SMILES string of the molecule is C=C(CC[C@]12O[14C@H](C(=O)O)[14C@@](O)(C(=O)O)[C@](C(=O)O)(O1)[C@H](OC(=O)/C=C/[C@@H](C)C[C@@H](C)CC)[C@H]2O)[C@@H](OC(C)=O)[C@H](C)Cc1ccccc1. The fourth-order valence-electron chi connectivity index (χ4n) is 6.58. The molecule has 1 aromatic carbocycles. The fraction of sp³-hybridized carbons (Fsp3) is 0.571. The van der Waals surface area contributed by atoms with Crippen LogP contribution in [0, 0.1) is 17.8 Å². The number of benzene rings is 1. The van der Waals surface area contributed by atoms with Gasteiger partial charge in [-0.05, 0) is 42.2 Å². The van der Waals surface area contributed by atoms with Crippen molar-refractivity contribution in [3.8, 4) is 0 Å². The summed E-state index contributed by atoms with van der Waals surface area (Å²) in [5.74, 6) is -11.3. The van der Waals surface area contributed by atoms with Crippen molar-refractivity contribution in [2.24, 2.45) is 17.8 Å². The zero-order valence-electron chi connectivity index (χ0n) is 28.2. The van der Waals surface area contributed by atoms with Crippen LogP contribution in [-0.2, 0) is 49.3 Å².